The van der Waals surface area contributed by atoms with Gasteiger partial charge in [0, 0.05) is 11.6 Å². The predicted molar refractivity (Wildman–Crippen MR) is 61.8 cm³/mol. The van der Waals surface area contributed by atoms with Gasteiger partial charge in [-0.3, -0.25) is 4.79 Å². The zero-order valence-electron chi connectivity index (χ0n) is 9.50. The Bertz CT molecular complexity index is 410. The quantitative estimate of drug-likeness (QED) is 0.852. The van der Waals surface area contributed by atoms with Crippen molar-refractivity contribution < 1.29 is 18.3 Å². The summed E-state index contributed by atoms with van der Waals surface area (Å²) in [6.45, 7) is 1.49. The first-order chi connectivity index (χ1) is 7.36. The molecule has 17 heavy (non-hydrogen) atoms. The number of methoxy groups -OCH3 is 1. The molecule has 0 aromatic heterocycles. The topological polar surface area (TPSA) is 52.3 Å². The highest BCUT2D eigenvalue weighted by Crippen LogP contribution is 2.25. The fourth-order valence-corrected chi connectivity index (χ4v) is 1.42. The van der Waals surface area contributed by atoms with Crippen LogP contribution in [-0.4, -0.2) is 13.1 Å². The van der Waals surface area contributed by atoms with E-state index in [-0.39, 0.29) is 24.4 Å². The Morgan fingerprint density at radius 1 is 1.47 bits per heavy atom. The molecular weight excluding hydrogens is 252 g/mol. The molecule has 1 atom stereocenters. The highest BCUT2D eigenvalue weighted by Gasteiger charge is 2.28. The molecule has 0 saturated heterocycles. The van der Waals surface area contributed by atoms with E-state index in [0.717, 1.165) is 12.1 Å². The van der Waals surface area contributed by atoms with E-state index in [1.165, 1.54) is 20.1 Å². The monoisotopic (exact) mass is 265 g/mol. The molecule has 1 aromatic rings. The van der Waals surface area contributed by atoms with Crippen molar-refractivity contribution >= 4 is 18.4 Å². The van der Waals surface area contributed by atoms with Crippen molar-refractivity contribution in [2.24, 2.45) is 5.73 Å². The molecule has 0 spiro atoms. The van der Waals surface area contributed by atoms with Crippen LogP contribution in [0, 0.1) is 11.6 Å². The summed E-state index contributed by atoms with van der Waals surface area (Å²) in [5.74, 6) is -2.00. The van der Waals surface area contributed by atoms with Gasteiger partial charge in [-0.2, -0.15) is 0 Å². The molecular formula is C11H14ClF2NO2. The van der Waals surface area contributed by atoms with Gasteiger partial charge in [-0.05, 0) is 13.0 Å². The molecule has 0 fully saturated rings. The second-order valence-corrected chi connectivity index (χ2v) is 3.79. The van der Waals surface area contributed by atoms with E-state index in [9.17, 15) is 13.6 Å². The lowest BCUT2D eigenvalue weighted by atomic mass is 9.89. The molecule has 0 unspecified atom stereocenters. The van der Waals surface area contributed by atoms with Gasteiger partial charge in [0.25, 0.3) is 0 Å². The van der Waals surface area contributed by atoms with Crippen molar-refractivity contribution in [3.63, 3.8) is 0 Å². The van der Waals surface area contributed by atoms with Crippen LogP contribution in [0.3, 0.4) is 0 Å². The van der Waals surface area contributed by atoms with Gasteiger partial charge in [0.05, 0.1) is 19.1 Å². The Labute approximate surface area is 104 Å². The van der Waals surface area contributed by atoms with E-state index in [4.69, 9.17) is 5.73 Å². The van der Waals surface area contributed by atoms with Gasteiger partial charge in [0.1, 0.15) is 11.6 Å². The van der Waals surface area contributed by atoms with Gasteiger partial charge in [0.2, 0.25) is 0 Å². The van der Waals surface area contributed by atoms with Gasteiger partial charge < -0.3 is 10.5 Å². The van der Waals surface area contributed by atoms with Crippen LogP contribution in [0.25, 0.3) is 0 Å². The maximum Gasteiger partial charge on any atom is 0.307 e. The highest BCUT2D eigenvalue weighted by molar-refractivity contribution is 5.85. The van der Waals surface area contributed by atoms with E-state index in [2.05, 4.69) is 4.74 Å². The van der Waals surface area contributed by atoms with Gasteiger partial charge in [0.15, 0.2) is 0 Å². The maximum atomic E-state index is 13.4. The second-order valence-electron chi connectivity index (χ2n) is 3.79. The molecule has 0 saturated carbocycles. The summed E-state index contributed by atoms with van der Waals surface area (Å²) in [6.07, 6.45) is -0.175. The number of hydrogen-bond acceptors (Lipinski definition) is 3. The van der Waals surface area contributed by atoms with Crippen LogP contribution >= 0.6 is 12.4 Å². The molecule has 0 heterocycles. The van der Waals surface area contributed by atoms with Crippen LogP contribution in [0.15, 0.2) is 18.2 Å². The molecule has 0 bridgehead atoms. The highest BCUT2D eigenvalue weighted by atomic mass is 35.5. The van der Waals surface area contributed by atoms with Crippen molar-refractivity contribution in [2.45, 2.75) is 18.9 Å². The SMILES string of the molecule is COC(=O)C[C@](C)(N)c1ccc(F)cc1F.Cl. The number of hydrogen-bond donors (Lipinski definition) is 1. The summed E-state index contributed by atoms with van der Waals surface area (Å²) < 4.78 is 30.6. The zero-order valence-corrected chi connectivity index (χ0v) is 10.3. The first-order valence-corrected chi connectivity index (χ1v) is 4.68. The van der Waals surface area contributed by atoms with E-state index in [1.54, 1.807) is 0 Å². The zero-order chi connectivity index (χ0) is 12.3. The number of nitrogens with two attached hydrogens (primary N) is 1. The third-order valence-electron chi connectivity index (χ3n) is 2.29. The summed E-state index contributed by atoms with van der Waals surface area (Å²) in [6, 6.07) is 3.06. The molecule has 96 valence electrons. The molecule has 0 amide bonds. The van der Waals surface area contributed by atoms with Crippen molar-refractivity contribution in [3.05, 3.63) is 35.4 Å². The van der Waals surface area contributed by atoms with E-state index < -0.39 is 23.1 Å². The van der Waals surface area contributed by atoms with Crippen LogP contribution in [0.4, 0.5) is 8.78 Å². The van der Waals surface area contributed by atoms with Crippen LogP contribution in [0.1, 0.15) is 18.9 Å². The van der Waals surface area contributed by atoms with E-state index in [1.807, 2.05) is 0 Å². The minimum Gasteiger partial charge on any atom is -0.469 e. The number of esters is 1. The molecule has 0 aliphatic carbocycles. The number of ether oxygens (including phenoxy) is 1. The Hall–Kier alpha value is -1.20. The first-order valence-electron chi connectivity index (χ1n) is 4.68. The molecule has 0 radical (unpaired) electrons. The maximum absolute atomic E-state index is 13.4. The molecule has 3 nitrogen and oxygen atoms in total. The van der Waals surface area contributed by atoms with E-state index in [0.29, 0.717) is 0 Å². The lowest BCUT2D eigenvalue weighted by Gasteiger charge is -2.24. The Kier molecular flexibility index (Phi) is 5.51. The van der Waals surface area contributed by atoms with Crippen LogP contribution in [0.5, 0.6) is 0 Å². The predicted octanol–water partition coefficient (Wildman–Crippen LogP) is 2.12. The summed E-state index contributed by atoms with van der Waals surface area (Å²) in [4.78, 5) is 11.1. The average molecular weight is 266 g/mol. The first kappa shape index (κ1) is 15.8. The Morgan fingerprint density at radius 3 is 2.53 bits per heavy atom. The van der Waals surface area contributed by atoms with Crippen molar-refractivity contribution in [1.29, 1.82) is 0 Å². The number of carbonyl (C=O) groups excluding carboxylic acids is 1. The van der Waals surface area contributed by atoms with Crippen LogP contribution in [0.2, 0.25) is 0 Å². The largest absolute Gasteiger partial charge is 0.469 e. The van der Waals surface area contributed by atoms with Crippen molar-refractivity contribution in [3.8, 4) is 0 Å². The summed E-state index contributed by atoms with van der Waals surface area (Å²) >= 11 is 0. The molecule has 6 heteroatoms. The Balaban J connectivity index is 0.00000256. The van der Waals surface area contributed by atoms with Crippen molar-refractivity contribution in [1.82, 2.24) is 0 Å². The minimum absolute atomic E-state index is 0. The number of carbonyl (C=O) groups is 1. The molecule has 0 aliphatic heterocycles. The molecule has 1 rings (SSSR count). The van der Waals surface area contributed by atoms with Gasteiger partial charge in [-0.1, -0.05) is 6.07 Å². The second kappa shape index (κ2) is 5.93. The molecule has 1 aromatic carbocycles. The van der Waals surface area contributed by atoms with E-state index >= 15 is 0 Å². The normalized spacial score (nSPS) is 13.5. The average Bonchev–Trinajstić information content (AvgIpc) is 2.16. The Morgan fingerprint density at radius 2 is 2.06 bits per heavy atom. The fraction of sp³-hybridized carbons (Fsp3) is 0.364. The third kappa shape index (κ3) is 3.94. The summed E-state index contributed by atoms with van der Waals surface area (Å²) in [5.41, 5.74) is 4.67. The fourth-order valence-electron chi connectivity index (χ4n) is 1.42. The van der Waals surface area contributed by atoms with Gasteiger partial charge >= 0.3 is 5.97 Å². The lowest BCUT2D eigenvalue weighted by Crippen LogP contribution is -2.36. The van der Waals surface area contributed by atoms with Crippen LogP contribution in [-0.2, 0) is 15.1 Å². The summed E-state index contributed by atoms with van der Waals surface area (Å²) in [5, 5.41) is 0. The van der Waals surface area contributed by atoms with Gasteiger partial charge in [-0.25, -0.2) is 8.78 Å². The molecule has 2 N–H and O–H groups in total. The van der Waals surface area contributed by atoms with Gasteiger partial charge in [-0.15, -0.1) is 12.4 Å². The number of halogens is 3. The third-order valence-corrected chi connectivity index (χ3v) is 2.29. The lowest BCUT2D eigenvalue weighted by molar-refractivity contribution is -0.142. The minimum atomic E-state index is -1.22. The number of benzene rings is 1. The van der Waals surface area contributed by atoms with Crippen LogP contribution < -0.4 is 5.73 Å². The summed E-state index contributed by atoms with van der Waals surface area (Å²) in [7, 11) is 1.22. The van der Waals surface area contributed by atoms with Crippen molar-refractivity contribution in [2.75, 3.05) is 7.11 Å². The number of rotatable bonds is 3. The standard InChI is InChI=1S/C11H13F2NO2.ClH/c1-11(14,6-10(15)16-2)8-4-3-7(12)5-9(8)13;/h3-5H,6,14H2,1-2H3;1H/t11-;/m0./s1. The molecule has 0 aliphatic rings. The smallest absolute Gasteiger partial charge is 0.307 e.